The zero-order valence-electron chi connectivity index (χ0n) is 10.4. The SMILES string of the molecule is CN1CCSCC1C(=O)c1cccc(C(F)(F)F)c1. The first-order chi connectivity index (χ1) is 8.89. The summed E-state index contributed by atoms with van der Waals surface area (Å²) >= 11 is 1.65. The predicted molar refractivity (Wildman–Crippen MR) is 69.5 cm³/mol. The van der Waals surface area contributed by atoms with Gasteiger partial charge in [-0.2, -0.15) is 24.9 Å². The molecule has 0 radical (unpaired) electrons. The molecule has 19 heavy (non-hydrogen) atoms. The maximum atomic E-state index is 12.6. The molecule has 0 N–H and O–H groups in total. The summed E-state index contributed by atoms with van der Waals surface area (Å²) in [7, 11) is 1.83. The normalized spacial score (nSPS) is 21.4. The topological polar surface area (TPSA) is 20.3 Å². The molecule has 2 nitrogen and oxygen atoms in total. The van der Waals surface area contributed by atoms with Crippen molar-refractivity contribution in [2.45, 2.75) is 12.2 Å². The lowest BCUT2D eigenvalue weighted by molar-refractivity contribution is -0.137. The van der Waals surface area contributed by atoms with Gasteiger partial charge in [-0.3, -0.25) is 9.69 Å². The van der Waals surface area contributed by atoms with Crippen molar-refractivity contribution in [3.05, 3.63) is 35.4 Å². The second kappa shape index (κ2) is 5.54. The molecular formula is C13H14F3NOS. The smallest absolute Gasteiger partial charge is 0.295 e. The van der Waals surface area contributed by atoms with E-state index < -0.39 is 11.7 Å². The van der Waals surface area contributed by atoms with Crippen molar-refractivity contribution in [1.29, 1.82) is 0 Å². The lowest BCUT2D eigenvalue weighted by atomic mass is 10.0. The summed E-state index contributed by atoms with van der Waals surface area (Å²) in [4.78, 5) is 14.2. The van der Waals surface area contributed by atoms with Crippen molar-refractivity contribution in [2.24, 2.45) is 0 Å². The van der Waals surface area contributed by atoms with E-state index in [1.807, 2.05) is 11.9 Å². The van der Waals surface area contributed by atoms with Crippen LogP contribution in [-0.2, 0) is 6.18 Å². The Morgan fingerprint density at radius 3 is 2.79 bits per heavy atom. The third kappa shape index (κ3) is 3.30. The maximum Gasteiger partial charge on any atom is 0.416 e. The number of thioether (sulfide) groups is 1. The van der Waals surface area contributed by atoms with Gasteiger partial charge < -0.3 is 0 Å². The molecule has 0 amide bonds. The standard InChI is InChI=1S/C13H14F3NOS/c1-17-5-6-19-8-11(17)12(18)9-3-2-4-10(7-9)13(14,15)16/h2-4,7,11H,5-6,8H2,1H3. The van der Waals surface area contributed by atoms with Gasteiger partial charge in [0.1, 0.15) is 0 Å². The second-order valence-electron chi connectivity index (χ2n) is 4.51. The van der Waals surface area contributed by atoms with Gasteiger partial charge in [-0.25, -0.2) is 0 Å². The lowest BCUT2D eigenvalue weighted by Crippen LogP contribution is -2.44. The molecule has 0 spiro atoms. The summed E-state index contributed by atoms with van der Waals surface area (Å²) in [5.41, 5.74) is -0.640. The van der Waals surface area contributed by atoms with E-state index in [2.05, 4.69) is 0 Å². The molecule has 1 aliphatic heterocycles. The lowest BCUT2D eigenvalue weighted by Gasteiger charge is -2.30. The fraction of sp³-hybridized carbons (Fsp3) is 0.462. The summed E-state index contributed by atoms with van der Waals surface area (Å²) in [5, 5.41) is 0. The largest absolute Gasteiger partial charge is 0.416 e. The van der Waals surface area contributed by atoms with Crippen LogP contribution in [0.25, 0.3) is 0 Å². The quantitative estimate of drug-likeness (QED) is 0.781. The van der Waals surface area contributed by atoms with E-state index in [0.29, 0.717) is 5.75 Å². The highest BCUT2D eigenvalue weighted by Crippen LogP contribution is 2.30. The van der Waals surface area contributed by atoms with Crippen molar-refractivity contribution in [3.8, 4) is 0 Å². The van der Waals surface area contributed by atoms with Crippen LogP contribution in [0.5, 0.6) is 0 Å². The van der Waals surface area contributed by atoms with E-state index in [1.165, 1.54) is 12.1 Å². The summed E-state index contributed by atoms with van der Waals surface area (Å²) in [6.45, 7) is 0.778. The molecule has 0 aromatic heterocycles. The maximum absolute atomic E-state index is 12.6. The van der Waals surface area contributed by atoms with Crippen LogP contribution in [0, 0.1) is 0 Å². The van der Waals surface area contributed by atoms with Gasteiger partial charge in [-0.1, -0.05) is 12.1 Å². The predicted octanol–water partition coefficient (Wildman–Crippen LogP) is 2.94. The molecule has 104 valence electrons. The monoisotopic (exact) mass is 289 g/mol. The molecule has 1 saturated heterocycles. The molecule has 6 heteroatoms. The van der Waals surface area contributed by atoms with Crippen LogP contribution >= 0.6 is 11.8 Å². The van der Waals surface area contributed by atoms with Crippen LogP contribution in [0.2, 0.25) is 0 Å². The minimum atomic E-state index is -4.41. The fourth-order valence-corrected chi connectivity index (χ4v) is 3.22. The zero-order valence-corrected chi connectivity index (χ0v) is 11.2. The number of rotatable bonds is 2. The van der Waals surface area contributed by atoms with Crippen LogP contribution in [0.15, 0.2) is 24.3 Å². The van der Waals surface area contributed by atoms with E-state index >= 15 is 0 Å². The Hall–Kier alpha value is -1.01. The number of carbonyl (C=O) groups is 1. The van der Waals surface area contributed by atoms with E-state index in [9.17, 15) is 18.0 Å². The van der Waals surface area contributed by atoms with Crippen LogP contribution < -0.4 is 0 Å². The average molecular weight is 289 g/mol. The Balaban J connectivity index is 2.24. The summed E-state index contributed by atoms with van der Waals surface area (Å²) in [6, 6.07) is 4.32. The molecule has 1 aliphatic rings. The van der Waals surface area contributed by atoms with Gasteiger partial charge in [0.05, 0.1) is 11.6 Å². The molecule has 0 aliphatic carbocycles. The summed E-state index contributed by atoms with van der Waals surface area (Å²) in [5.74, 6) is 1.34. The fourth-order valence-electron chi connectivity index (χ4n) is 2.00. The average Bonchev–Trinajstić information content (AvgIpc) is 2.38. The van der Waals surface area contributed by atoms with E-state index in [1.54, 1.807) is 11.8 Å². The van der Waals surface area contributed by atoms with Gasteiger partial charge >= 0.3 is 6.18 Å². The number of benzene rings is 1. The first kappa shape index (κ1) is 14.4. The number of likely N-dealkylation sites (N-methyl/N-ethyl adjacent to an activating group) is 1. The molecule has 0 bridgehead atoms. The Kier molecular flexibility index (Phi) is 4.20. The van der Waals surface area contributed by atoms with Gasteiger partial charge in [0.15, 0.2) is 5.78 Å². The third-order valence-electron chi connectivity index (χ3n) is 3.17. The Bertz CT molecular complexity index is 475. The minimum Gasteiger partial charge on any atom is -0.295 e. The second-order valence-corrected chi connectivity index (χ2v) is 5.66. The Labute approximate surface area is 114 Å². The highest BCUT2D eigenvalue weighted by atomic mass is 32.2. The Morgan fingerprint density at radius 2 is 2.16 bits per heavy atom. The molecule has 0 saturated carbocycles. The van der Waals surface area contributed by atoms with Crippen molar-refractivity contribution < 1.29 is 18.0 Å². The van der Waals surface area contributed by atoms with Crippen LogP contribution in [0.3, 0.4) is 0 Å². The van der Waals surface area contributed by atoms with Crippen LogP contribution in [-0.4, -0.2) is 41.8 Å². The molecule has 1 heterocycles. The van der Waals surface area contributed by atoms with Gasteiger partial charge in [-0.05, 0) is 19.2 Å². The van der Waals surface area contributed by atoms with Crippen molar-refractivity contribution in [1.82, 2.24) is 4.90 Å². The van der Waals surface area contributed by atoms with Gasteiger partial charge in [0.25, 0.3) is 0 Å². The number of ketones is 1. The molecule has 1 fully saturated rings. The van der Waals surface area contributed by atoms with Gasteiger partial charge in [-0.15, -0.1) is 0 Å². The van der Waals surface area contributed by atoms with E-state index in [0.717, 1.165) is 24.4 Å². The highest BCUT2D eigenvalue weighted by Gasteiger charge is 2.32. The highest BCUT2D eigenvalue weighted by molar-refractivity contribution is 7.99. The zero-order chi connectivity index (χ0) is 14.0. The van der Waals surface area contributed by atoms with Crippen molar-refractivity contribution >= 4 is 17.5 Å². The molecule has 1 aromatic carbocycles. The molecule has 1 aromatic rings. The van der Waals surface area contributed by atoms with Gasteiger partial charge in [0, 0.05) is 23.6 Å². The molecule has 1 atom stereocenters. The molecule has 2 rings (SSSR count). The summed E-state index contributed by atoms with van der Waals surface area (Å²) < 4.78 is 37.9. The minimum absolute atomic E-state index is 0.133. The van der Waals surface area contributed by atoms with Crippen LogP contribution in [0.4, 0.5) is 13.2 Å². The number of Topliss-reactive ketones (excluding diaryl/α,β-unsaturated/α-hetero) is 1. The first-order valence-electron chi connectivity index (χ1n) is 5.89. The molecular weight excluding hydrogens is 275 g/mol. The first-order valence-corrected chi connectivity index (χ1v) is 7.04. The number of alkyl halides is 3. The number of hydrogen-bond donors (Lipinski definition) is 0. The van der Waals surface area contributed by atoms with Gasteiger partial charge in [0.2, 0.25) is 0 Å². The number of hydrogen-bond acceptors (Lipinski definition) is 3. The van der Waals surface area contributed by atoms with Crippen LogP contribution in [0.1, 0.15) is 15.9 Å². The van der Waals surface area contributed by atoms with Crippen molar-refractivity contribution in [2.75, 3.05) is 25.1 Å². The number of halogens is 3. The molecule has 1 unspecified atom stereocenters. The third-order valence-corrected chi connectivity index (χ3v) is 4.20. The van der Waals surface area contributed by atoms with E-state index in [4.69, 9.17) is 0 Å². The van der Waals surface area contributed by atoms with E-state index in [-0.39, 0.29) is 17.4 Å². The summed E-state index contributed by atoms with van der Waals surface area (Å²) in [6.07, 6.45) is -4.41. The number of nitrogens with zero attached hydrogens (tertiary/aromatic N) is 1. The van der Waals surface area contributed by atoms with Crippen molar-refractivity contribution in [3.63, 3.8) is 0 Å². The number of carbonyl (C=O) groups excluding carboxylic acids is 1. The Morgan fingerprint density at radius 1 is 1.42 bits per heavy atom.